The Labute approximate surface area is 311 Å². The van der Waals surface area contributed by atoms with Gasteiger partial charge in [0.1, 0.15) is 16.2 Å². The van der Waals surface area contributed by atoms with E-state index in [-0.39, 0.29) is 0 Å². The zero-order valence-corrected chi connectivity index (χ0v) is 29.5. The van der Waals surface area contributed by atoms with Gasteiger partial charge in [0.2, 0.25) is 0 Å². The van der Waals surface area contributed by atoms with Crippen molar-refractivity contribution in [2.75, 3.05) is 4.90 Å². The molecule has 250 valence electrons. The van der Waals surface area contributed by atoms with E-state index < -0.39 is 0 Å². The van der Waals surface area contributed by atoms with Crippen LogP contribution in [0, 0.1) is 0 Å². The number of thiazole rings is 1. The molecule has 3 nitrogen and oxygen atoms in total. The van der Waals surface area contributed by atoms with Gasteiger partial charge < -0.3 is 9.32 Å². The van der Waals surface area contributed by atoms with E-state index in [0.717, 1.165) is 70.9 Å². The number of furan rings is 1. The minimum Gasteiger partial charge on any atom is -0.456 e. The Bertz CT molecular complexity index is 2760. The van der Waals surface area contributed by atoms with Crippen LogP contribution in [-0.2, 0) is 0 Å². The predicted octanol–water partition coefficient (Wildman–Crippen LogP) is 14.3. The third kappa shape index (κ3) is 5.76. The van der Waals surface area contributed by atoms with Crippen LogP contribution in [0.3, 0.4) is 0 Å². The third-order valence-electron chi connectivity index (χ3n) is 9.93. The summed E-state index contributed by atoms with van der Waals surface area (Å²) in [6.07, 6.45) is 0. The van der Waals surface area contributed by atoms with E-state index >= 15 is 0 Å². The van der Waals surface area contributed by atoms with Crippen LogP contribution in [0.1, 0.15) is 0 Å². The van der Waals surface area contributed by atoms with Crippen LogP contribution in [0.5, 0.6) is 0 Å². The van der Waals surface area contributed by atoms with Crippen LogP contribution in [0.4, 0.5) is 17.1 Å². The molecule has 0 spiro atoms. The Kier molecular flexibility index (Phi) is 7.67. The Morgan fingerprint density at radius 1 is 0.415 bits per heavy atom. The highest BCUT2D eigenvalue weighted by Crippen LogP contribution is 2.42. The predicted molar refractivity (Wildman–Crippen MR) is 223 cm³/mol. The zero-order valence-electron chi connectivity index (χ0n) is 28.7. The SMILES string of the molecule is c1ccc(-c2ccc(N(c3ccc(-c4ccccc4)cc3)c3ccc(-c4cccc5oc6cc7nc(-c8ccccc8)sc7cc6c45)cc3)cc2)cc1. The Morgan fingerprint density at radius 3 is 1.45 bits per heavy atom. The topological polar surface area (TPSA) is 29.3 Å². The van der Waals surface area contributed by atoms with Gasteiger partial charge in [-0.1, -0.05) is 140 Å². The van der Waals surface area contributed by atoms with Gasteiger partial charge in [0, 0.05) is 39.5 Å². The molecule has 0 atom stereocenters. The number of hydrogen-bond donors (Lipinski definition) is 0. The maximum absolute atomic E-state index is 6.45. The van der Waals surface area contributed by atoms with E-state index in [1.54, 1.807) is 11.3 Å². The molecule has 4 heteroatoms. The molecule has 53 heavy (non-hydrogen) atoms. The fourth-order valence-corrected chi connectivity index (χ4v) is 8.29. The second-order valence-electron chi connectivity index (χ2n) is 13.2. The van der Waals surface area contributed by atoms with Crippen molar-refractivity contribution >= 4 is 60.6 Å². The van der Waals surface area contributed by atoms with E-state index in [9.17, 15) is 0 Å². The van der Waals surface area contributed by atoms with Crippen molar-refractivity contribution in [2.24, 2.45) is 0 Å². The molecule has 0 aliphatic rings. The van der Waals surface area contributed by atoms with E-state index in [1.165, 1.54) is 22.3 Å². The average Bonchev–Trinajstić information content (AvgIpc) is 3.82. The van der Waals surface area contributed by atoms with Gasteiger partial charge in [-0.2, -0.15) is 0 Å². The van der Waals surface area contributed by atoms with Gasteiger partial charge in [-0.05, 0) is 81.9 Å². The van der Waals surface area contributed by atoms with E-state index in [1.807, 2.05) is 6.07 Å². The van der Waals surface area contributed by atoms with Crippen LogP contribution in [-0.4, -0.2) is 4.98 Å². The quantitative estimate of drug-likeness (QED) is 0.166. The average molecular weight is 697 g/mol. The largest absolute Gasteiger partial charge is 0.456 e. The summed E-state index contributed by atoms with van der Waals surface area (Å²) in [6.45, 7) is 0. The van der Waals surface area contributed by atoms with Crippen molar-refractivity contribution in [3.63, 3.8) is 0 Å². The van der Waals surface area contributed by atoms with Gasteiger partial charge in [0.05, 0.1) is 10.2 Å². The van der Waals surface area contributed by atoms with Gasteiger partial charge in [-0.3, -0.25) is 0 Å². The molecule has 10 rings (SSSR count). The van der Waals surface area contributed by atoms with Crippen molar-refractivity contribution < 1.29 is 4.42 Å². The van der Waals surface area contributed by atoms with Gasteiger partial charge in [-0.25, -0.2) is 4.98 Å². The van der Waals surface area contributed by atoms with E-state index in [4.69, 9.17) is 9.40 Å². The van der Waals surface area contributed by atoms with Crippen molar-refractivity contribution in [3.05, 3.63) is 194 Å². The lowest BCUT2D eigenvalue weighted by Gasteiger charge is -2.26. The fourth-order valence-electron chi connectivity index (χ4n) is 7.30. The molecule has 2 heterocycles. The second-order valence-corrected chi connectivity index (χ2v) is 14.2. The smallest absolute Gasteiger partial charge is 0.137 e. The highest BCUT2D eigenvalue weighted by Gasteiger charge is 2.18. The molecule has 0 aliphatic carbocycles. The molecule has 0 bridgehead atoms. The standard InChI is InChI=1S/C49H32N2OS/c1-4-11-33(12-5-1)35-19-25-39(26-20-35)51(40-27-21-36(22-28-40)34-13-6-2-7-14-34)41-29-23-37(24-30-41)42-17-10-18-45-48(42)43-31-47-44(32-46(43)52-45)50-49(53-47)38-15-8-3-9-16-38/h1-32H. The summed E-state index contributed by atoms with van der Waals surface area (Å²) in [5, 5.41) is 3.24. The van der Waals surface area contributed by atoms with E-state index in [0.29, 0.717) is 0 Å². The lowest BCUT2D eigenvalue weighted by atomic mass is 9.99. The molecule has 0 N–H and O–H groups in total. The number of fused-ring (bicyclic) bond motifs is 4. The first-order valence-corrected chi connectivity index (χ1v) is 18.6. The zero-order chi connectivity index (χ0) is 35.1. The van der Waals surface area contributed by atoms with Crippen LogP contribution < -0.4 is 4.90 Å². The highest BCUT2D eigenvalue weighted by atomic mass is 32.1. The summed E-state index contributed by atoms with van der Waals surface area (Å²) < 4.78 is 7.60. The maximum atomic E-state index is 6.45. The van der Waals surface area contributed by atoms with Crippen LogP contribution >= 0.6 is 11.3 Å². The third-order valence-corrected chi connectivity index (χ3v) is 11.0. The molecule has 0 radical (unpaired) electrons. The first-order chi connectivity index (χ1) is 26.2. The summed E-state index contributed by atoms with van der Waals surface area (Å²) in [5.74, 6) is 0. The molecule has 10 aromatic rings. The second kappa shape index (κ2) is 13.1. The molecule has 0 fully saturated rings. The van der Waals surface area contributed by atoms with Crippen LogP contribution in [0.2, 0.25) is 0 Å². The molecule has 8 aromatic carbocycles. The van der Waals surface area contributed by atoms with Crippen molar-refractivity contribution in [1.29, 1.82) is 0 Å². The Morgan fingerprint density at radius 2 is 0.906 bits per heavy atom. The number of benzene rings is 8. The number of anilines is 3. The summed E-state index contributed by atoms with van der Waals surface area (Å²) in [4.78, 5) is 7.28. The number of nitrogens with zero attached hydrogens (tertiary/aromatic N) is 2. The molecule has 2 aromatic heterocycles. The fraction of sp³-hybridized carbons (Fsp3) is 0. The summed E-state index contributed by atoms with van der Waals surface area (Å²) in [7, 11) is 0. The van der Waals surface area contributed by atoms with Gasteiger partial charge in [-0.15, -0.1) is 11.3 Å². The lowest BCUT2D eigenvalue weighted by molar-refractivity contribution is 0.669. The molecule has 0 saturated carbocycles. The Balaban J connectivity index is 1.04. The molecule has 0 unspecified atom stereocenters. The van der Waals surface area contributed by atoms with Crippen molar-refractivity contribution in [2.45, 2.75) is 0 Å². The lowest BCUT2D eigenvalue weighted by Crippen LogP contribution is -2.09. The van der Waals surface area contributed by atoms with Gasteiger partial charge >= 0.3 is 0 Å². The van der Waals surface area contributed by atoms with Gasteiger partial charge in [0.15, 0.2) is 0 Å². The number of hydrogen-bond acceptors (Lipinski definition) is 4. The first-order valence-electron chi connectivity index (χ1n) is 17.8. The van der Waals surface area contributed by atoms with Crippen LogP contribution in [0.25, 0.3) is 76.1 Å². The molecular weight excluding hydrogens is 665 g/mol. The normalized spacial score (nSPS) is 11.4. The van der Waals surface area contributed by atoms with E-state index in [2.05, 4.69) is 193 Å². The van der Waals surface area contributed by atoms with Gasteiger partial charge in [0.25, 0.3) is 0 Å². The molecule has 0 aliphatic heterocycles. The first kappa shape index (κ1) is 31.0. The van der Waals surface area contributed by atoms with Crippen molar-refractivity contribution in [1.82, 2.24) is 4.98 Å². The Hall–Kier alpha value is -6.75. The minimum absolute atomic E-state index is 0.852. The molecular formula is C49H32N2OS. The molecule has 0 saturated heterocycles. The minimum atomic E-state index is 0.852. The number of rotatable bonds is 7. The summed E-state index contributed by atoms with van der Waals surface area (Å²) in [6, 6.07) is 68.7. The molecule has 0 amide bonds. The van der Waals surface area contributed by atoms with Crippen molar-refractivity contribution in [3.8, 4) is 44.0 Å². The van der Waals surface area contributed by atoms with Crippen LogP contribution in [0.15, 0.2) is 199 Å². The highest BCUT2D eigenvalue weighted by molar-refractivity contribution is 7.21. The maximum Gasteiger partial charge on any atom is 0.137 e. The summed E-state index contributed by atoms with van der Waals surface area (Å²) >= 11 is 1.72. The summed E-state index contributed by atoms with van der Waals surface area (Å²) in [5.41, 5.74) is 14.2. The number of aromatic nitrogens is 1. The monoisotopic (exact) mass is 696 g/mol.